The van der Waals surface area contributed by atoms with Gasteiger partial charge in [0.05, 0.1) is 11.3 Å². The number of amides is 1. The molecule has 4 rings (SSSR count). The van der Waals surface area contributed by atoms with E-state index in [0.717, 1.165) is 16.1 Å². The fraction of sp³-hybridized carbons (Fsp3) is 0.0500. The number of carbonyl (C=O) groups is 1. The molecule has 2 aromatic carbocycles. The van der Waals surface area contributed by atoms with Crippen LogP contribution in [0.4, 0.5) is 5.69 Å². The number of carbonyl (C=O) groups excluding carboxylic acids is 1. The van der Waals surface area contributed by atoms with Crippen LogP contribution in [0, 0.1) is 6.92 Å². The molecule has 0 radical (unpaired) electrons. The minimum atomic E-state index is -0.207. The second-order valence-corrected chi connectivity index (χ2v) is 7.04. The van der Waals surface area contributed by atoms with Gasteiger partial charge in [0, 0.05) is 16.8 Å². The summed E-state index contributed by atoms with van der Waals surface area (Å²) in [5.74, 6) is -0.207. The zero-order valence-corrected chi connectivity index (χ0v) is 15.8. The summed E-state index contributed by atoms with van der Waals surface area (Å²) in [6.45, 7) is 1.94. The second kappa shape index (κ2) is 8.01. The second-order valence-electron chi connectivity index (χ2n) is 5.98. The van der Waals surface area contributed by atoms with Crippen LogP contribution in [0.15, 0.2) is 83.1 Å². The maximum atomic E-state index is 12.8. The van der Waals surface area contributed by atoms with E-state index in [1.54, 1.807) is 23.0 Å². The van der Waals surface area contributed by atoms with Crippen molar-refractivity contribution in [2.75, 3.05) is 5.32 Å². The van der Waals surface area contributed by atoms with Gasteiger partial charge in [-0.3, -0.25) is 4.79 Å². The zero-order chi connectivity index (χ0) is 19.3. The molecule has 2 aromatic heterocycles. The summed E-state index contributed by atoms with van der Waals surface area (Å²) in [4.78, 5) is 18.3. The number of nitrogens with one attached hydrogen (secondary N) is 1. The van der Waals surface area contributed by atoms with Crippen molar-refractivity contribution in [1.29, 1.82) is 0 Å². The van der Waals surface area contributed by atoms with E-state index >= 15 is 0 Å². The number of aryl methyl sites for hydroxylation is 1. The standard InChI is InChI=1S/C20H16N6OS/c1-14-12-15(9-10-18(14)26-13-22-24-25-26)23-19(27)17-8-5-11-21-20(17)28-16-6-3-2-4-7-16/h2-13H,1H3,(H,23,27). The zero-order valence-electron chi connectivity index (χ0n) is 15.0. The van der Waals surface area contributed by atoms with Gasteiger partial charge in [-0.05, 0) is 65.4 Å². The Bertz CT molecular complexity index is 1100. The van der Waals surface area contributed by atoms with Gasteiger partial charge in [-0.15, -0.1) is 5.10 Å². The van der Waals surface area contributed by atoms with Gasteiger partial charge in [-0.1, -0.05) is 30.0 Å². The van der Waals surface area contributed by atoms with Gasteiger partial charge in [0.1, 0.15) is 11.4 Å². The van der Waals surface area contributed by atoms with Crippen LogP contribution in [0.3, 0.4) is 0 Å². The van der Waals surface area contributed by atoms with Crippen LogP contribution in [0.25, 0.3) is 5.69 Å². The Balaban J connectivity index is 1.55. The lowest BCUT2D eigenvalue weighted by molar-refractivity contribution is 0.102. The van der Waals surface area contributed by atoms with Gasteiger partial charge < -0.3 is 5.32 Å². The molecule has 4 aromatic rings. The predicted octanol–water partition coefficient (Wildman–Crippen LogP) is 3.77. The number of tetrazole rings is 1. The van der Waals surface area contributed by atoms with E-state index in [0.29, 0.717) is 16.3 Å². The van der Waals surface area contributed by atoms with E-state index in [9.17, 15) is 4.79 Å². The highest BCUT2D eigenvalue weighted by Gasteiger charge is 2.14. The minimum absolute atomic E-state index is 0.207. The number of nitrogens with zero attached hydrogens (tertiary/aromatic N) is 5. The van der Waals surface area contributed by atoms with Crippen LogP contribution >= 0.6 is 11.8 Å². The Morgan fingerprint density at radius 3 is 2.68 bits per heavy atom. The summed E-state index contributed by atoms with van der Waals surface area (Å²) in [6.07, 6.45) is 3.22. The minimum Gasteiger partial charge on any atom is -0.322 e. The van der Waals surface area contributed by atoms with Crippen LogP contribution in [0.1, 0.15) is 15.9 Å². The highest BCUT2D eigenvalue weighted by atomic mass is 32.2. The summed E-state index contributed by atoms with van der Waals surface area (Å²) >= 11 is 1.46. The van der Waals surface area contributed by atoms with Gasteiger partial charge in [0.15, 0.2) is 0 Å². The van der Waals surface area contributed by atoms with Crippen molar-refractivity contribution in [3.63, 3.8) is 0 Å². The topological polar surface area (TPSA) is 85.6 Å². The lowest BCUT2D eigenvalue weighted by Crippen LogP contribution is -2.14. The first-order valence-corrected chi connectivity index (χ1v) is 9.35. The Morgan fingerprint density at radius 1 is 1.07 bits per heavy atom. The average molecular weight is 388 g/mol. The lowest BCUT2D eigenvalue weighted by Gasteiger charge is -2.11. The first-order valence-electron chi connectivity index (χ1n) is 8.54. The molecule has 138 valence electrons. The van der Waals surface area contributed by atoms with Crippen LogP contribution in [0.5, 0.6) is 0 Å². The Morgan fingerprint density at radius 2 is 1.93 bits per heavy atom. The predicted molar refractivity (Wildman–Crippen MR) is 107 cm³/mol. The molecule has 2 heterocycles. The number of hydrogen-bond acceptors (Lipinski definition) is 6. The number of pyridine rings is 1. The number of benzene rings is 2. The quantitative estimate of drug-likeness (QED) is 0.560. The molecule has 0 unspecified atom stereocenters. The third-order valence-corrected chi connectivity index (χ3v) is 5.05. The molecule has 1 N–H and O–H groups in total. The molecule has 0 saturated carbocycles. The number of rotatable bonds is 5. The Hall–Kier alpha value is -3.52. The largest absolute Gasteiger partial charge is 0.322 e. The van der Waals surface area contributed by atoms with Gasteiger partial charge in [-0.25, -0.2) is 9.67 Å². The SMILES string of the molecule is Cc1cc(NC(=O)c2cccnc2Sc2ccccc2)ccc1-n1cnnn1. The van der Waals surface area contributed by atoms with E-state index in [-0.39, 0.29) is 5.91 Å². The monoisotopic (exact) mass is 388 g/mol. The molecular formula is C20H16N6OS. The molecule has 0 aliphatic carbocycles. The van der Waals surface area contributed by atoms with Crippen LogP contribution in [-0.4, -0.2) is 31.1 Å². The highest BCUT2D eigenvalue weighted by Crippen LogP contribution is 2.29. The van der Waals surface area contributed by atoms with Gasteiger partial charge in [0.25, 0.3) is 5.91 Å². The van der Waals surface area contributed by atoms with Gasteiger partial charge in [-0.2, -0.15) is 0 Å². The Labute approximate surface area is 165 Å². The number of anilines is 1. The van der Waals surface area contributed by atoms with Crippen molar-refractivity contribution in [1.82, 2.24) is 25.2 Å². The normalized spacial score (nSPS) is 10.6. The van der Waals surface area contributed by atoms with E-state index in [1.807, 2.05) is 55.5 Å². The third-order valence-electron chi connectivity index (χ3n) is 4.02. The van der Waals surface area contributed by atoms with Crippen molar-refractivity contribution in [2.45, 2.75) is 16.8 Å². The molecule has 0 fully saturated rings. The molecular weight excluding hydrogens is 372 g/mol. The van der Waals surface area contributed by atoms with Crippen molar-refractivity contribution >= 4 is 23.4 Å². The summed E-state index contributed by atoms with van der Waals surface area (Å²) in [5, 5.41) is 14.8. The van der Waals surface area contributed by atoms with E-state index in [1.165, 1.54) is 18.1 Å². The van der Waals surface area contributed by atoms with Crippen LogP contribution in [-0.2, 0) is 0 Å². The van der Waals surface area contributed by atoms with Gasteiger partial charge in [0.2, 0.25) is 0 Å². The van der Waals surface area contributed by atoms with E-state index < -0.39 is 0 Å². The summed E-state index contributed by atoms with van der Waals surface area (Å²) < 4.78 is 1.58. The van der Waals surface area contributed by atoms with Crippen LogP contribution < -0.4 is 5.32 Å². The summed E-state index contributed by atoms with van der Waals surface area (Å²) in [5.41, 5.74) is 3.01. The van der Waals surface area contributed by atoms with Crippen molar-refractivity contribution < 1.29 is 4.79 Å². The molecule has 0 spiro atoms. The molecule has 0 aliphatic rings. The molecule has 0 atom stereocenters. The molecule has 1 amide bonds. The number of aromatic nitrogens is 5. The lowest BCUT2D eigenvalue weighted by atomic mass is 10.1. The van der Waals surface area contributed by atoms with Gasteiger partial charge >= 0.3 is 0 Å². The molecule has 28 heavy (non-hydrogen) atoms. The summed E-state index contributed by atoms with van der Waals surface area (Å²) in [7, 11) is 0. The molecule has 7 nitrogen and oxygen atoms in total. The molecule has 0 bridgehead atoms. The maximum absolute atomic E-state index is 12.8. The molecule has 0 saturated heterocycles. The molecule has 0 aliphatic heterocycles. The van der Waals surface area contributed by atoms with Crippen molar-refractivity contribution in [2.24, 2.45) is 0 Å². The first kappa shape index (κ1) is 17.9. The fourth-order valence-corrected chi connectivity index (χ4v) is 3.61. The molecule has 8 heteroatoms. The van der Waals surface area contributed by atoms with Crippen LogP contribution in [0.2, 0.25) is 0 Å². The van der Waals surface area contributed by atoms with Crippen molar-refractivity contribution in [3.8, 4) is 5.69 Å². The van der Waals surface area contributed by atoms with E-state index in [2.05, 4.69) is 25.8 Å². The maximum Gasteiger partial charge on any atom is 0.258 e. The average Bonchev–Trinajstić information content (AvgIpc) is 3.24. The summed E-state index contributed by atoms with van der Waals surface area (Å²) in [6, 6.07) is 19.0. The third kappa shape index (κ3) is 3.91. The first-order chi connectivity index (χ1) is 13.7. The fourth-order valence-electron chi connectivity index (χ4n) is 2.71. The van der Waals surface area contributed by atoms with Crippen molar-refractivity contribution in [3.05, 3.63) is 84.3 Å². The van der Waals surface area contributed by atoms with E-state index in [4.69, 9.17) is 0 Å². The number of hydrogen-bond donors (Lipinski definition) is 1. The smallest absolute Gasteiger partial charge is 0.258 e. The highest BCUT2D eigenvalue weighted by molar-refractivity contribution is 7.99. The Kier molecular flexibility index (Phi) is 5.11.